The van der Waals surface area contributed by atoms with E-state index in [1.54, 1.807) is 0 Å². The molecule has 0 bridgehead atoms. The van der Waals surface area contributed by atoms with E-state index < -0.39 is 15.3 Å². The lowest BCUT2D eigenvalue weighted by molar-refractivity contribution is 0.173. The minimum absolute atomic E-state index is 0.0234. The predicted molar refractivity (Wildman–Crippen MR) is 102 cm³/mol. The molecule has 3 N–H and O–H groups in total. The fourth-order valence-electron chi connectivity index (χ4n) is 4.32. The number of hydrogen-bond acceptors (Lipinski definition) is 7. The van der Waals surface area contributed by atoms with Gasteiger partial charge in [0.25, 0.3) is 0 Å². The first-order valence-electron chi connectivity index (χ1n) is 9.59. The van der Waals surface area contributed by atoms with Crippen molar-refractivity contribution >= 4 is 10.0 Å². The number of fused-ring (bicyclic) bond motifs is 1. The summed E-state index contributed by atoms with van der Waals surface area (Å²) in [6.45, 7) is 6.29. The zero-order valence-electron chi connectivity index (χ0n) is 15.8. The first-order valence-corrected chi connectivity index (χ1v) is 11.1. The number of benzene rings is 1. The average Bonchev–Trinajstić information content (AvgIpc) is 3.36. The van der Waals surface area contributed by atoms with E-state index in [0.29, 0.717) is 6.54 Å². The summed E-state index contributed by atoms with van der Waals surface area (Å²) >= 11 is 0. The van der Waals surface area contributed by atoms with Gasteiger partial charge >= 0.3 is 0 Å². The average molecular weight is 397 g/mol. The Morgan fingerprint density at radius 3 is 2.52 bits per heavy atom. The molecule has 3 atom stereocenters. The van der Waals surface area contributed by atoms with E-state index in [1.165, 1.54) is 0 Å². The van der Waals surface area contributed by atoms with Crippen molar-refractivity contribution in [2.75, 3.05) is 26.4 Å². The topological polar surface area (TPSA) is 91.9 Å². The molecule has 1 aromatic rings. The molecule has 8 nitrogen and oxygen atoms in total. The summed E-state index contributed by atoms with van der Waals surface area (Å²) in [5, 5.41) is -0.506. The second-order valence-corrected chi connectivity index (χ2v) is 9.52. The molecule has 2 fully saturated rings. The van der Waals surface area contributed by atoms with Gasteiger partial charge in [0.05, 0.1) is 0 Å². The minimum atomic E-state index is -3.46. The molecule has 3 unspecified atom stereocenters. The molecule has 0 aromatic heterocycles. The van der Waals surface area contributed by atoms with Crippen LogP contribution in [0.2, 0.25) is 0 Å². The highest BCUT2D eigenvalue weighted by Gasteiger charge is 2.40. The van der Waals surface area contributed by atoms with Crippen molar-refractivity contribution in [3.8, 4) is 11.5 Å². The fraction of sp³-hybridized carbons (Fsp3) is 0.667. The van der Waals surface area contributed by atoms with Gasteiger partial charge in [0.2, 0.25) is 16.8 Å². The van der Waals surface area contributed by atoms with Gasteiger partial charge in [-0.05, 0) is 57.5 Å². The lowest BCUT2D eigenvalue weighted by Gasteiger charge is -2.29. The molecule has 3 aliphatic heterocycles. The van der Waals surface area contributed by atoms with Crippen LogP contribution in [0, 0.1) is 0 Å². The number of hydrazine groups is 1. The molecule has 4 rings (SSSR count). The highest BCUT2D eigenvalue weighted by atomic mass is 32.2. The Hall–Kier alpha value is -1.39. The highest BCUT2D eigenvalue weighted by molar-refractivity contribution is 7.90. The van der Waals surface area contributed by atoms with Crippen LogP contribution in [0.5, 0.6) is 11.5 Å². The Bertz CT molecular complexity index is 772. The summed E-state index contributed by atoms with van der Waals surface area (Å²) in [4.78, 5) is 2.35. The summed E-state index contributed by atoms with van der Waals surface area (Å²) in [7, 11) is -3.46. The van der Waals surface area contributed by atoms with E-state index in [-0.39, 0.29) is 24.9 Å². The van der Waals surface area contributed by atoms with Gasteiger partial charge in [0.15, 0.2) is 11.5 Å². The van der Waals surface area contributed by atoms with Gasteiger partial charge < -0.3 is 9.47 Å². The SMILES string of the molecule is CC1NNC(C)C1S(=O)(=O)NCC(c1ccc2c(c1)OCO2)N1CCCC1. The van der Waals surface area contributed by atoms with Gasteiger partial charge in [-0.1, -0.05) is 6.07 Å². The number of sulfonamides is 1. The number of nitrogens with zero attached hydrogens (tertiary/aromatic N) is 1. The molecule has 0 radical (unpaired) electrons. The third-order valence-electron chi connectivity index (χ3n) is 5.72. The van der Waals surface area contributed by atoms with E-state index in [4.69, 9.17) is 9.47 Å². The van der Waals surface area contributed by atoms with Crippen LogP contribution in [0.25, 0.3) is 0 Å². The second kappa shape index (κ2) is 7.56. The van der Waals surface area contributed by atoms with Crippen LogP contribution >= 0.6 is 0 Å². The Balaban J connectivity index is 1.53. The summed E-state index contributed by atoms with van der Waals surface area (Å²) < 4.78 is 39.7. The molecule has 0 amide bonds. The van der Waals surface area contributed by atoms with Crippen LogP contribution < -0.4 is 25.0 Å². The van der Waals surface area contributed by atoms with Crippen molar-refractivity contribution in [2.45, 2.75) is 50.1 Å². The molecule has 27 heavy (non-hydrogen) atoms. The second-order valence-electron chi connectivity index (χ2n) is 7.60. The van der Waals surface area contributed by atoms with E-state index in [1.807, 2.05) is 32.0 Å². The van der Waals surface area contributed by atoms with Crippen LogP contribution in [0.1, 0.15) is 38.3 Å². The van der Waals surface area contributed by atoms with Crippen molar-refractivity contribution in [1.82, 2.24) is 20.5 Å². The number of hydrogen-bond donors (Lipinski definition) is 3. The van der Waals surface area contributed by atoms with Gasteiger partial charge in [0.1, 0.15) is 5.25 Å². The van der Waals surface area contributed by atoms with Gasteiger partial charge in [-0.2, -0.15) is 0 Å². The Kier molecular flexibility index (Phi) is 5.30. The monoisotopic (exact) mass is 396 g/mol. The molecule has 1 aromatic carbocycles. The standard InChI is InChI=1S/C18H28N4O4S/c1-12-18(13(2)21-20-12)27(23,24)19-10-15(22-7-3-4-8-22)14-5-6-16-17(9-14)26-11-25-16/h5-6,9,12-13,15,18-21H,3-4,7-8,10-11H2,1-2H3. The summed E-state index contributed by atoms with van der Waals surface area (Å²) in [6.07, 6.45) is 2.27. The van der Waals surface area contributed by atoms with Gasteiger partial charge in [0, 0.05) is 24.7 Å². The first kappa shape index (κ1) is 18.9. The minimum Gasteiger partial charge on any atom is -0.454 e. The molecule has 3 heterocycles. The summed E-state index contributed by atoms with van der Waals surface area (Å²) in [6, 6.07) is 5.58. The number of rotatable bonds is 6. The maximum Gasteiger partial charge on any atom is 0.231 e. The molecular weight excluding hydrogens is 368 g/mol. The Morgan fingerprint density at radius 1 is 1.15 bits per heavy atom. The number of ether oxygens (including phenoxy) is 2. The zero-order valence-corrected chi connectivity index (χ0v) is 16.6. The highest BCUT2D eigenvalue weighted by Crippen LogP contribution is 2.36. The summed E-state index contributed by atoms with van der Waals surface area (Å²) in [5.74, 6) is 1.47. The van der Waals surface area contributed by atoms with Crippen LogP contribution in [0.3, 0.4) is 0 Å². The predicted octanol–water partition coefficient (Wildman–Crippen LogP) is 0.725. The molecule has 2 saturated heterocycles. The lowest BCUT2D eigenvalue weighted by atomic mass is 10.1. The van der Waals surface area contributed by atoms with Crippen molar-refractivity contribution < 1.29 is 17.9 Å². The van der Waals surface area contributed by atoms with Crippen LogP contribution in [-0.4, -0.2) is 57.1 Å². The number of likely N-dealkylation sites (tertiary alicyclic amines) is 1. The van der Waals surface area contributed by atoms with E-state index in [9.17, 15) is 8.42 Å². The Labute approximate surface area is 160 Å². The molecular formula is C18H28N4O4S. The van der Waals surface area contributed by atoms with Gasteiger partial charge in [-0.3, -0.25) is 15.8 Å². The number of nitrogens with one attached hydrogen (secondary N) is 3. The molecule has 0 spiro atoms. The Morgan fingerprint density at radius 2 is 1.81 bits per heavy atom. The quantitative estimate of drug-likeness (QED) is 0.653. The van der Waals surface area contributed by atoms with E-state index in [2.05, 4.69) is 20.5 Å². The van der Waals surface area contributed by atoms with Crippen molar-refractivity contribution in [3.63, 3.8) is 0 Å². The largest absolute Gasteiger partial charge is 0.454 e. The molecule has 9 heteroatoms. The zero-order chi connectivity index (χ0) is 19.0. The first-order chi connectivity index (χ1) is 13.0. The fourth-order valence-corrected chi connectivity index (χ4v) is 6.11. The third kappa shape index (κ3) is 3.79. The molecule has 150 valence electrons. The van der Waals surface area contributed by atoms with Crippen molar-refractivity contribution in [2.24, 2.45) is 0 Å². The van der Waals surface area contributed by atoms with Crippen LogP contribution in [0.4, 0.5) is 0 Å². The van der Waals surface area contributed by atoms with Crippen molar-refractivity contribution in [3.05, 3.63) is 23.8 Å². The molecule has 3 aliphatic rings. The third-order valence-corrected chi connectivity index (χ3v) is 7.83. The van der Waals surface area contributed by atoms with Crippen LogP contribution in [-0.2, 0) is 10.0 Å². The smallest absolute Gasteiger partial charge is 0.231 e. The van der Waals surface area contributed by atoms with Crippen molar-refractivity contribution in [1.29, 1.82) is 0 Å². The van der Waals surface area contributed by atoms with E-state index >= 15 is 0 Å². The van der Waals surface area contributed by atoms with Crippen LogP contribution in [0.15, 0.2) is 18.2 Å². The maximum absolute atomic E-state index is 12.9. The van der Waals surface area contributed by atoms with Gasteiger partial charge in [-0.25, -0.2) is 13.1 Å². The maximum atomic E-state index is 12.9. The normalized spacial score (nSPS) is 29.3. The molecule has 0 saturated carbocycles. The van der Waals surface area contributed by atoms with E-state index in [0.717, 1.165) is 43.0 Å². The summed E-state index contributed by atoms with van der Waals surface area (Å²) in [5.41, 5.74) is 7.08. The molecule has 0 aliphatic carbocycles. The van der Waals surface area contributed by atoms with Gasteiger partial charge in [-0.15, -0.1) is 0 Å². The lowest BCUT2D eigenvalue weighted by Crippen LogP contribution is -2.47.